The predicted octanol–water partition coefficient (Wildman–Crippen LogP) is 2.92. The summed E-state index contributed by atoms with van der Waals surface area (Å²) in [6, 6.07) is 5.37. The Kier molecular flexibility index (Phi) is 7.20. The molecule has 102 valence electrons. The Balaban J connectivity index is 2.63. The van der Waals surface area contributed by atoms with Crippen LogP contribution in [0.4, 0.5) is 5.69 Å². The zero-order valence-corrected chi connectivity index (χ0v) is 12.6. The van der Waals surface area contributed by atoms with Gasteiger partial charge in [0.2, 0.25) is 0 Å². The molecule has 0 radical (unpaired) electrons. The quantitative estimate of drug-likeness (QED) is 0.590. The molecule has 0 aliphatic heterocycles. The number of benzene rings is 1. The summed E-state index contributed by atoms with van der Waals surface area (Å²) in [5, 5.41) is 0. The molecule has 0 spiro atoms. The first-order valence-corrected chi connectivity index (χ1v) is 8.64. The number of thioether (sulfide) groups is 1. The lowest BCUT2D eigenvalue weighted by molar-refractivity contribution is 0.339. The van der Waals surface area contributed by atoms with Crippen LogP contribution in [0, 0.1) is 0 Å². The van der Waals surface area contributed by atoms with Gasteiger partial charge in [-0.05, 0) is 43.0 Å². The molecular formula is C13H21NO2S2. The zero-order valence-electron chi connectivity index (χ0n) is 11.0. The Labute approximate surface area is 116 Å². The lowest BCUT2D eigenvalue weighted by atomic mass is 10.3. The van der Waals surface area contributed by atoms with E-state index in [0.717, 1.165) is 23.7 Å². The van der Waals surface area contributed by atoms with E-state index >= 15 is 0 Å². The van der Waals surface area contributed by atoms with Crippen molar-refractivity contribution in [3.05, 3.63) is 18.2 Å². The monoisotopic (exact) mass is 287 g/mol. The highest BCUT2D eigenvalue weighted by Crippen LogP contribution is 2.23. The molecule has 1 rings (SSSR count). The minimum absolute atomic E-state index is 0.583. The topological polar surface area (TPSA) is 52.3 Å². The van der Waals surface area contributed by atoms with Crippen molar-refractivity contribution < 1.29 is 8.95 Å². The van der Waals surface area contributed by atoms with Gasteiger partial charge in [0.25, 0.3) is 0 Å². The molecule has 0 saturated heterocycles. The van der Waals surface area contributed by atoms with E-state index in [0.29, 0.717) is 22.9 Å². The van der Waals surface area contributed by atoms with Gasteiger partial charge in [-0.25, -0.2) is 0 Å². The first-order chi connectivity index (χ1) is 8.69. The number of hydrogen-bond acceptors (Lipinski definition) is 4. The number of nitrogens with two attached hydrogens (primary N) is 1. The molecular weight excluding hydrogens is 266 g/mol. The molecule has 0 amide bonds. The third-order valence-electron chi connectivity index (χ3n) is 2.36. The molecule has 1 atom stereocenters. The maximum Gasteiger partial charge on any atom is 0.120 e. The van der Waals surface area contributed by atoms with Gasteiger partial charge >= 0.3 is 0 Å². The van der Waals surface area contributed by atoms with E-state index in [2.05, 4.69) is 6.92 Å². The molecule has 2 N–H and O–H groups in total. The fourth-order valence-electron chi connectivity index (χ4n) is 1.51. The van der Waals surface area contributed by atoms with E-state index in [4.69, 9.17) is 10.5 Å². The van der Waals surface area contributed by atoms with Crippen LogP contribution in [-0.2, 0) is 10.8 Å². The number of nitrogen functional groups attached to an aromatic ring is 1. The van der Waals surface area contributed by atoms with Crippen molar-refractivity contribution in [3.63, 3.8) is 0 Å². The maximum atomic E-state index is 12.2. The zero-order chi connectivity index (χ0) is 13.4. The van der Waals surface area contributed by atoms with Crippen LogP contribution < -0.4 is 10.5 Å². The lowest BCUT2D eigenvalue weighted by Crippen LogP contribution is -2.04. The normalized spacial score (nSPS) is 12.3. The Bertz CT molecular complexity index is 397. The van der Waals surface area contributed by atoms with Gasteiger partial charge in [0.05, 0.1) is 22.3 Å². The van der Waals surface area contributed by atoms with Crippen molar-refractivity contribution >= 4 is 28.2 Å². The van der Waals surface area contributed by atoms with E-state index in [9.17, 15) is 4.21 Å². The highest BCUT2D eigenvalue weighted by Gasteiger charge is 2.09. The van der Waals surface area contributed by atoms with E-state index in [1.54, 1.807) is 12.1 Å². The molecule has 0 aliphatic carbocycles. The van der Waals surface area contributed by atoms with Crippen LogP contribution >= 0.6 is 11.8 Å². The second-order valence-electron chi connectivity index (χ2n) is 3.73. The van der Waals surface area contributed by atoms with Crippen molar-refractivity contribution in [1.29, 1.82) is 0 Å². The molecule has 1 aromatic carbocycles. The van der Waals surface area contributed by atoms with Crippen molar-refractivity contribution in [1.82, 2.24) is 0 Å². The van der Waals surface area contributed by atoms with Gasteiger partial charge in [-0.3, -0.25) is 4.21 Å². The summed E-state index contributed by atoms with van der Waals surface area (Å²) in [7, 11) is -1.03. The van der Waals surface area contributed by atoms with Crippen LogP contribution in [0.3, 0.4) is 0 Å². The SMILES string of the molecule is CCOc1ccc(N)c(S(=O)CCCSCC)c1. The molecule has 0 aromatic heterocycles. The van der Waals surface area contributed by atoms with Gasteiger partial charge in [0.15, 0.2) is 0 Å². The summed E-state index contributed by atoms with van der Waals surface area (Å²) in [6.45, 7) is 4.66. The van der Waals surface area contributed by atoms with Gasteiger partial charge in [-0.2, -0.15) is 11.8 Å². The Morgan fingerprint density at radius 2 is 2.17 bits per heavy atom. The van der Waals surface area contributed by atoms with E-state index < -0.39 is 10.8 Å². The molecule has 0 fully saturated rings. The summed E-state index contributed by atoms with van der Waals surface area (Å²) in [5.41, 5.74) is 6.45. The van der Waals surface area contributed by atoms with Crippen molar-refractivity contribution in [3.8, 4) is 5.75 Å². The molecule has 0 saturated carbocycles. The molecule has 18 heavy (non-hydrogen) atoms. The predicted molar refractivity (Wildman–Crippen MR) is 80.9 cm³/mol. The number of hydrogen-bond donors (Lipinski definition) is 1. The summed E-state index contributed by atoms with van der Waals surface area (Å²) < 4.78 is 17.6. The first kappa shape index (κ1) is 15.4. The molecule has 1 aromatic rings. The molecule has 0 heterocycles. The highest BCUT2D eigenvalue weighted by atomic mass is 32.2. The fourth-order valence-corrected chi connectivity index (χ4v) is 3.54. The van der Waals surface area contributed by atoms with Crippen LogP contribution in [0.15, 0.2) is 23.1 Å². The number of ether oxygens (including phenoxy) is 1. The summed E-state index contributed by atoms with van der Waals surface area (Å²) in [6.07, 6.45) is 0.948. The second kappa shape index (κ2) is 8.43. The van der Waals surface area contributed by atoms with Gasteiger partial charge < -0.3 is 10.5 Å². The minimum atomic E-state index is -1.03. The minimum Gasteiger partial charge on any atom is -0.494 e. The van der Waals surface area contributed by atoms with Gasteiger partial charge in [0, 0.05) is 11.4 Å². The Morgan fingerprint density at radius 3 is 2.83 bits per heavy atom. The van der Waals surface area contributed by atoms with E-state index in [-0.39, 0.29) is 0 Å². The first-order valence-electron chi connectivity index (χ1n) is 6.17. The van der Waals surface area contributed by atoms with E-state index in [1.165, 1.54) is 0 Å². The fraction of sp³-hybridized carbons (Fsp3) is 0.538. The van der Waals surface area contributed by atoms with E-state index in [1.807, 2.05) is 24.8 Å². The summed E-state index contributed by atoms with van der Waals surface area (Å²) in [5.74, 6) is 3.55. The molecule has 1 unspecified atom stereocenters. The Morgan fingerprint density at radius 1 is 1.39 bits per heavy atom. The number of rotatable bonds is 8. The largest absolute Gasteiger partial charge is 0.494 e. The van der Waals surface area contributed by atoms with Crippen LogP contribution in [0.5, 0.6) is 5.75 Å². The maximum absolute atomic E-state index is 12.2. The molecule has 5 heteroatoms. The average Bonchev–Trinajstić information content (AvgIpc) is 2.37. The molecule has 0 bridgehead atoms. The summed E-state index contributed by atoms with van der Waals surface area (Å²) >= 11 is 1.87. The Hall–Kier alpha value is -0.680. The average molecular weight is 287 g/mol. The van der Waals surface area contributed by atoms with Crippen LogP contribution in [0.1, 0.15) is 20.3 Å². The van der Waals surface area contributed by atoms with Gasteiger partial charge in [0.1, 0.15) is 5.75 Å². The second-order valence-corrected chi connectivity index (χ2v) is 6.67. The van der Waals surface area contributed by atoms with Crippen LogP contribution in [0.25, 0.3) is 0 Å². The van der Waals surface area contributed by atoms with Crippen LogP contribution in [0.2, 0.25) is 0 Å². The third kappa shape index (κ3) is 4.90. The van der Waals surface area contributed by atoms with Crippen molar-refractivity contribution in [2.75, 3.05) is 29.6 Å². The number of anilines is 1. The van der Waals surface area contributed by atoms with Gasteiger partial charge in [-0.1, -0.05) is 6.92 Å². The summed E-state index contributed by atoms with van der Waals surface area (Å²) in [4.78, 5) is 0.697. The molecule has 3 nitrogen and oxygen atoms in total. The van der Waals surface area contributed by atoms with Crippen molar-refractivity contribution in [2.45, 2.75) is 25.2 Å². The lowest BCUT2D eigenvalue weighted by Gasteiger charge is -2.09. The molecule has 0 aliphatic rings. The highest BCUT2D eigenvalue weighted by molar-refractivity contribution is 7.99. The smallest absolute Gasteiger partial charge is 0.120 e. The third-order valence-corrected chi connectivity index (χ3v) is 4.85. The standard InChI is InChI=1S/C13H21NO2S2/c1-3-16-11-6-7-12(14)13(10-11)18(15)9-5-8-17-4-2/h6-7,10H,3-5,8-9,14H2,1-2H3. The van der Waals surface area contributed by atoms with Crippen molar-refractivity contribution in [2.24, 2.45) is 0 Å². The van der Waals surface area contributed by atoms with Gasteiger partial charge in [-0.15, -0.1) is 0 Å². The van der Waals surface area contributed by atoms with Crippen LogP contribution in [-0.4, -0.2) is 28.1 Å².